The largest absolute Gasteiger partial charge is 0.494 e. The van der Waals surface area contributed by atoms with Gasteiger partial charge in [0.05, 0.1) is 22.2 Å². The summed E-state index contributed by atoms with van der Waals surface area (Å²) in [6.45, 7) is 7.93. The Morgan fingerprint density at radius 2 is 1.50 bits per heavy atom. The fourth-order valence-electron chi connectivity index (χ4n) is 3.26. The van der Waals surface area contributed by atoms with E-state index in [0.717, 1.165) is 5.46 Å². The molecule has 3 rings (SSSR count). The van der Waals surface area contributed by atoms with E-state index in [1.807, 2.05) is 27.7 Å². The molecular formula is C18H28BNO5S. The van der Waals surface area contributed by atoms with Crippen molar-refractivity contribution >= 4 is 22.6 Å². The van der Waals surface area contributed by atoms with E-state index in [1.54, 1.807) is 24.3 Å². The van der Waals surface area contributed by atoms with Gasteiger partial charge in [-0.15, -0.1) is 0 Å². The van der Waals surface area contributed by atoms with Gasteiger partial charge in [-0.3, -0.25) is 0 Å². The molecule has 0 bridgehead atoms. The molecule has 6 nitrogen and oxygen atoms in total. The molecule has 1 heterocycles. The topological polar surface area (TPSA) is 84.9 Å². The Labute approximate surface area is 156 Å². The summed E-state index contributed by atoms with van der Waals surface area (Å²) in [6.07, 6.45) is 2.27. The smallest absolute Gasteiger partial charge is 0.399 e. The predicted octanol–water partition coefficient (Wildman–Crippen LogP) is 1.57. The quantitative estimate of drug-likeness (QED) is 0.774. The van der Waals surface area contributed by atoms with E-state index in [2.05, 4.69) is 4.72 Å². The monoisotopic (exact) mass is 381 g/mol. The molecule has 0 atom stereocenters. The number of aliphatic hydroxyl groups excluding tert-OH is 1. The van der Waals surface area contributed by atoms with Crippen molar-refractivity contribution in [3.63, 3.8) is 0 Å². The van der Waals surface area contributed by atoms with Crippen molar-refractivity contribution < 1.29 is 22.8 Å². The van der Waals surface area contributed by atoms with Crippen molar-refractivity contribution in [1.29, 1.82) is 0 Å². The van der Waals surface area contributed by atoms with Gasteiger partial charge < -0.3 is 14.4 Å². The Bertz CT molecular complexity index is 723. The summed E-state index contributed by atoms with van der Waals surface area (Å²) in [5.41, 5.74) is -0.0752. The van der Waals surface area contributed by atoms with Gasteiger partial charge in [0.1, 0.15) is 0 Å². The fraction of sp³-hybridized carbons (Fsp3) is 0.667. The summed E-state index contributed by atoms with van der Waals surface area (Å²) in [6, 6.07) is 6.52. The van der Waals surface area contributed by atoms with Gasteiger partial charge in [-0.1, -0.05) is 12.1 Å². The first-order chi connectivity index (χ1) is 12.0. The van der Waals surface area contributed by atoms with Crippen LogP contribution in [-0.4, -0.2) is 44.0 Å². The lowest BCUT2D eigenvalue weighted by Gasteiger charge is -2.32. The van der Waals surface area contributed by atoms with E-state index in [0.29, 0.717) is 25.7 Å². The zero-order valence-electron chi connectivity index (χ0n) is 15.9. The van der Waals surface area contributed by atoms with Gasteiger partial charge in [-0.05, 0) is 71.0 Å². The minimum atomic E-state index is -3.58. The molecule has 1 aromatic carbocycles. The van der Waals surface area contributed by atoms with Crippen LogP contribution in [0.4, 0.5) is 0 Å². The molecule has 1 saturated carbocycles. The van der Waals surface area contributed by atoms with Crippen LogP contribution in [0, 0.1) is 0 Å². The van der Waals surface area contributed by atoms with E-state index in [9.17, 15) is 13.5 Å². The first-order valence-electron chi connectivity index (χ1n) is 9.16. The van der Waals surface area contributed by atoms with Crippen molar-refractivity contribution in [2.24, 2.45) is 0 Å². The van der Waals surface area contributed by atoms with Crippen LogP contribution in [0.5, 0.6) is 0 Å². The molecule has 26 heavy (non-hydrogen) atoms. The molecule has 1 aromatic rings. The average molecular weight is 381 g/mol. The molecular weight excluding hydrogens is 353 g/mol. The Balaban J connectivity index is 1.69. The number of hydrogen-bond acceptors (Lipinski definition) is 5. The molecule has 0 unspecified atom stereocenters. The minimum absolute atomic E-state index is 0.119. The summed E-state index contributed by atoms with van der Waals surface area (Å²) in [4.78, 5) is 0.226. The Morgan fingerprint density at radius 1 is 1.00 bits per heavy atom. The highest BCUT2D eigenvalue weighted by Gasteiger charge is 2.51. The summed E-state index contributed by atoms with van der Waals surface area (Å²) in [7, 11) is -4.09. The molecule has 144 valence electrons. The zero-order valence-corrected chi connectivity index (χ0v) is 16.7. The summed E-state index contributed by atoms with van der Waals surface area (Å²) in [5, 5.41) is 9.55. The number of aliphatic hydroxyl groups is 1. The van der Waals surface area contributed by atoms with Crippen molar-refractivity contribution in [2.75, 3.05) is 0 Å². The van der Waals surface area contributed by atoms with Crippen molar-refractivity contribution in [2.45, 2.75) is 81.6 Å². The van der Waals surface area contributed by atoms with E-state index in [4.69, 9.17) is 9.31 Å². The van der Waals surface area contributed by atoms with E-state index in [1.165, 1.54) is 0 Å². The van der Waals surface area contributed by atoms with Crippen LogP contribution in [-0.2, 0) is 19.3 Å². The van der Waals surface area contributed by atoms with Gasteiger partial charge >= 0.3 is 7.12 Å². The molecule has 0 aromatic heterocycles. The average Bonchev–Trinajstić information content (AvgIpc) is 2.78. The lowest BCUT2D eigenvalue weighted by Crippen LogP contribution is -2.41. The molecule has 0 radical (unpaired) electrons. The Morgan fingerprint density at radius 3 is 2.00 bits per heavy atom. The number of sulfonamides is 1. The molecule has 1 saturated heterocycles. The van der Waals surface area contributed by atoms with E-state index in [-0.39, 0.29) is 17.0 Å². The molecule has 2 N–H and O–H groups in total. The maximum absolute atomic E-state index is 12.6. The lowest BCUT2D eigenvalue weighted by atomic mass is 9.79. The summed E-state index contributed by atoms with van der Waals surface area (Å²) < 4.78 is 39.9. The van der Waals surface area contributed by atoms with E-state index < -0.39 is 28.3 Å². The van der Waals surface area contributed by atoms with E-state index >= 15 is 0 Å². The second kappa shape index (κ2) is 6.91. The third kappa shape index (κ3) is 3.99. The van der Waals surface area contributed by atoms with Crippen LogP contribution in [0.1, 0.15) is 53.4 Å². The highest BCUT2D eigenvalue weighted by molar-refractivity contribution is 7.89. The molecule has 1 aliphatic heterocycles. The van der Waals surface area contributed by atoms with Crippen LogP contribution in [0.25, 0.3) is 0 Å². The van der Waals surface area contributed by atoms with Gasteiger partial charge in [-0.25, -0.2) is 13.1 Å². The van der Waals surface area contributed by atoms with Gasteiger partial charge in [0.25, 0.3) is 0 Å². The van der Waals surface area contributed by atoms with Gasteiger partial charge in [0.15, 0.2) is 0 Å². The standard InChI is InChI=1S/C18H28BNO5S/c1-17(2)18(3,4)25-19(24-17)13-5-11-16(12-6-13)26(22,23)20-14-7-9-15(21)10-8-14/h5-6,11-12,14-15,20-21H,7-10H2,1-4H3. The molecule has 1 aliphatic carbocycles. The van der Waals surface area contributed by atoms with Crippen LogP contribution in [0.3, 0.4) is 0 Å². The zero-order chi connectivity index (χ0) is 19.2. The van der Waals surface area contributed by atoms with Crippen LogP contribution < -0.4 is 10.2 Å². The minimum Gasteiger partial charge on any atom is -0.399 e. The maximum Gasteiger partial charge on any atom is 0.494 e. The first kappa shape index (κ1) is 19.8. The summed E-state index contributed by atoms with van der Waals surface area (Å²) in [5.74, 6) is 0. The van der Waals surface area contributed by atoms with Crippen LogP contribution in [0.2, 0.25) is 0 Å². The fourth-order valence-corrected chi connectivity index (χ4v) is 4.57. The first-order valence-corrected chi connectivity index (χ1v) is 10.6. The van der Waals surface area contributed by atoms with Gasteiger partial charge in [-0.2, -0.15) is 0 Å². The normalized spacial score (nSPS) is 28.3. The highest BCUT2D eigenvalue weighted by atomic mass is 32.2. The van der Waals surface area contributed by atoms with Gasteiger partial charge in [0.2, 0.25) is 10.0 Å². The maximum atomic E-state index is 12.6. The second-order valence-electron chi connectivity index (χ2n) is 8.28. The Kier molecular flexibility index (Phi) is 5.27. The SMILES string of the molecule is CC1(C)OB(c2ccc(S(=O)(=O)NC3CCC(O)CC3)cc2)OC1(C)C. The molecule has 0 amide bonds. The third-order valence-corrected chi connectivity index (χ3v) is 7.27. The van der Waals surface area contributed by atoms with Crippen LogP contribution in [0.15, 0.2) is 29.2 Å². The number of benzene rings is 1. The molecule has 0 spiro atoms. The molecule has 2 aliphatic rings. The highest BCUT2D eigenvalue weighted by Crippen LogP contribution is 2.36. The Hall–Kier alpha value is -0.925. The predicted molar refractivity (Wildman–Crippen MR) is 101 cm³/mol. The summed E-state index contributed by atoms with van der Waals surface area (Å²) >= 11 is 0. The molecule has 8 heteroatoms. The van der Waals surface area contributed by atoms with Gasteiger partial charge in [0, 0.05) is 6.04 Å². The van der Waals surface area contributed by atoms with Crippen molar-refractivity contribution in [3.8, 4) is 0 Å². The number of nitrogens with one attached hydrogen (secondary N) is 1. The third-order valence-electron chi connectivity index (χ3n) is 5.73. The van der Waals surface area contributed by atoms with Crippen molar-refractivity contribution in [3.05, 3.63) is 24.3 Å². The number of hydrogen-bond donors (Lipinski definition) is 2. The molecule has 2 fully saturated rings. The second-order valence-corrected chi connectivity index (χ2v) is 10.00. The number of rotatable bonds is 4. The van der Waals surface area contributed by atoms with Crippen molar-refractivity contribution in [1.82, 2.24) is 4.72 Å². The lowest BCUT2D eigenvalue weighted by molar-refractivity contribution is 0.00578. The van der Waals surface area contributed by atoms with Crippen LogP contribution >= 0.6 is 0 Å².